The highest BCUT2D eigenvalue weighted by molar-refractivity contribution is 7.99. The van der Waals surface area contributed by atoms with Crippen LogP contribution in [0.4, 0.5) is 10.8 Å². The molecule has 1 fully saturated rings. The average molecular weight is 492 g/mol. The Morgan fingerprint density at radius 3 is 2.75 bits per heavy atom. The fraction of sp³-hybridized carbons (Fsp3) is 0.455. The number of halogens is 1. The molecule has 2 aromatic heterocycles. The molecule has 0 spiro atoms. The normalized spacial score (nSPS) is 14.8. The second-order valence-corrected chi connectivity index (χ2v) is 10.4. The molecule has 1 saturated heterocycles. The van der Waals surface area contributed by atoms with Crippen molar-refractivity contribution in [2.24, 2.45) is 5.92 Å². The van der Waals surface area contributed by atoms with Crippen LogP contribution >= 0.6 is 34.7 Å². The Bertz CT molecular complexity index is 1200. The number of nitrogens with zero attached hydrogens (tertiary/aromatic N) is 4. The average Bonchev–Trinajstić information content (AvgIpc) is 3.19. The Morgan fingerprint density at radius 1 is 1.31 bits per heavy atom. The van der Waals surface area contributed by atoms with E-state index in [1.165, 1.54) is 23.1 Å². The monoisotopic (exact) mass is 491 g/mol. The molecule has 32 heavy (non-hydrogen) atoms. The number of nitrogens with one attached hydrogen (secondary N) is 1. The van der Waals surface area contributed by atoms with E-state index in [9.17, 15) is 9.59 Å². The first-order chi connectivity index (χ1) is 15.4. The van der Waals surface area contributed by atoms with E-state index < -0.39 is 0 Å². The van der Waals surface area contributed by atoms with Crippen LogP contribution in [0.1, 0.15) is 32.3 Å². The number of piperidine rings is 1. The van der Waals surface area contributed by atoms with Gasteiger partial charge in [0.25, 0.3) is 5.56 Å². The summed E-state index contributed by atoms with van der Waals surface area (Å²) in [7, 11) is 0. The molecule has 7 nitrogen and oxygen atoms in total. The van der Waals surface area contributed by atoms with E-state index in [0.717, 1.165) is 42.5 Å². The van der Waals surface area contributed by atoms with Crippen LogP contribution < -0.4 is 15.8 Å². The highest BCUT2D eigenvalue weighted by Gasteiger charge is 2.22. The van der Waals surface area contributed by atoms with Crippen LogP contribution in [0, 0.1) is 12.8 Å². The molecule has 0 saturated carbocycles. The van der Waals surface area contributed by atoms with E-state index in [2.05, 4.69) is 27.1 Å². The first-order valence-corrected chi connectivity index (χ1v) is 12.9. The number of hydrogen-bond donors (Lipinski definition) is 1. The number of aromatic nitrogens is 3. The summed E-state index contributed by atoms with van der Waals surface area (Å²) in [4.78, 5) is 37.1. The van der Waals surface area contributed by atoms with Gasteiger partial charge in [0.1, 0.15) is 4.70 Å². The summed E-state index contributed by atoms with van der Waals surface area (Å²) in [6, 6.07) is 5.48. The molecule has 0 bridgehead atoms. The zero-order valence-corrected chi connectivity index (χ0v) is 20.7. The summed E-state index contributed by atoms with van der Waals surface area (Å²) in [6.07, 6.45) is 2.26. The summed E-state index contributed by atoms with van der Waals surface area (Å²) < 4.78 is 2.18. The molecular weight excluding hydrogens is 466 g/mol. The molecule has 3 heterocycles. The van der Waals surface area contributed by atoms with Gasteiger partial charge in [-0.05, 0) is 50.3 Å². The molecule has 0 radical (unpaired) electrons. The van der Waals surface area contributed by atoms with Crippen molar-refractivity contribution in [2.75, 3.05) is 29.1 Å². The van der Waals surface area contributed by atoms with Crippen LogP contribution in [0.25, 0.3) is 10.3 Å². The van der Waals surface area contributed by atoms with Crippen LogP contribution in [0.2, 0.25) is 5.02 Å². The number of anilines is 2. The molecule has 1 aliphatic rings. The summed E-state index contributed by atoms with van der Waals surface area (Å²) >= 11 is 8.85. The van der Waals surface area contributed by atoms with E-state index >= 15 is 0 Å². The first kappa shape index (κ1) is 23.1. The van der Waals surface area contributed by atoms with Crippen molar-refractivity contribution < 1.29 is 4.79 Å². The van der Waals surface area contributed by atoms with Gasteiger partial charge in [0, 0.05) is 19.6 Å². The Hall–Kier alpha value is -2.10. The number of benzene rings is 1. The minimum absolute atomic E-state index is 0.101. The highest BCUT2D eigenvalue weighted by atomic mass is 35.5. The van der Waals surface area contributed by atoms with E-state index in [1.807, 2.05) is 19.9 Å². The number of carbonyl (C=O) groups excluding carboxylic acids is 1. The molecule has 170 valence electrons. The Labute approximate surface area is 200 Å². The second-order valence-electron chi connectivity index (χ2n) is 8.08. The van der Waals surface area contributed by atoms with Crippen LogP contribution in [0.15, 0.2) is 28.2 Å². The number of fused-ring (bicyclic) bond motifs is 1. The molecule has 10 heteroatoms. The van der Waals surface area contributed by atoms with Crippen molar-refractivity contribution in [2.45, 2.75) is 45.3 Å². The standard InChI is InChI=1S/C22H26ClN5O2S2/c1-4-28-20(30)18-19(25-21(32-18)27-9-7-13(2)8-10-27)26-22(28)31-12-17(29)24-16-6-5-14(3)11-15(16)23/h5-6,11,13H,4,7-10,12H2,1-3H3,(H,24,29). The minimum Gasteiger partial charge on any atom is -0.348 e. The number of thiazole rings is 1. The number of rotatable bonds is 6. The van der Waals surface area contributed by atoms with Gasteiger partial charge in [0.15, 0.2) is 15.9 Å². The number of thioether (sulfide) groups is 1. The van der Waals surface area contributed by atoms with Gasteiger partial charge in [0.05, 0.1) is 16.5 Å². The SMILES string of the molecule is CCn1c(SCC(=O)Nc2ccc(C)cc2Cl)nc2nc(N3CCC(C)CC3)sc2c1=O. The van der Waals surface area contributed by atoms with Crippen LogP contribution in [-0.4, -0.2) is 39.3 Å². The maximum atomic E-state index is 13.1. The van der Waals surface area contributed by atoms with Gasteiger partial charge < -0.3 is 10.2 Å². The summed E-state index contributed by atoms with van der Waals surface area (Å²) in [5, 5.41) is 4.67. The van der Waals surface area contributed by atoms with Gasteiger partial charge >= 0.3 is 0 Å². The molecule has 1 aromatic carbocycles. The number of carbonyl (C=O) groups is 1. The van der Waals surface area contributed by atoms with Crippen molar-refractivity contribution in [3.05, 3.63) is 39.1 Å². The third-order valence-electron chi connectivity index (χ3n) is 5.57. The Balaban J connectivity index is 1.52. The first-order valence-electron chi connectivity index (χ1n) is 10.7. The number of amides is 1. The van der Waals surface area contributed by atoms with Crippen molar-refractivity contribution >= 4 is 61.8 Å². The fourth-order valence-corrected chi connectivity index (χ4v) is 5.78. The van der Waals surface area contributed by atoms with Gasteiger partial charge in [0.2, 0.25) is 5.91 Å². The van der Waals surface area contributed by atoms with E-state index in [4.69, 9.17) is 11.6 Å². The maximum Gasteiger partial charge on any atom is 0.273 e. The van der Waals surface area contributed by atoms with E-state index in [-0.39, 0.29) is 17.2 Å². The largest absolute Gasteiger partial charge is 0.348 e. The number of aryl methyl sites for hydroxylation is 1. The van der Waals surface area contributed by atoms with E-state index in [1.54, 1.807) is 16.7 Å². The molecule has 0 atom stereocenters. The molecular formula is C22H26ClN5O2S2. The second kappa shape index (κ2) is 9.80. The Morgan fingerprint density at radius 2 is 2.06 bits per heavy atom. The third-order valence-corrected chi connectivity index (χ3v) is 7.95. The molecule has 1 amide bonds. The number of hydrogen-bond acceptors (Lipinski definition) is 7. The molecule has 0 unspecified atom stereocenters. The lowest BCUT2D eigenvalue weighted by Crippen LogP contribution is -2.32. The Kier molecular flexibility index (Phi) is 7.07. The maximum absolute atomic E-state index is 13.1. The van der Waals surface area contributed by atoms with Crippen molar-refractivity contribution in [3.63, 3.8) is 0 Å². The lowest BCUT2D eigenvalue weighted by molar-refractivity contribution is -0.113. The zero-order valence-electron chi connectivity index (χ0n) is 18.4. The quantitative estimate of drug-likeness (QED) is 0.394. The van der Waals surface area contributed by atoms with Gasteiger partial charge in [-0.15, -0.1) is 0 Å². The van der Waals surface area contributed by atoms with Crippen LogP contribution in [-0.2, 0) is 11.3 Å². The van der Waals surface area contributed by atoms with Crippen LogP contribution in [0.5, 0.6) is 0 Å². The zero-order chi connectivity index (χ0) is 22.8. The molecule has 0 aliphatic carbocycles. The highest BCUT2D eigenvalue weighted by Crippen LogP contribution is 2.30. The molecule has 1 N–H and O–H groups in total. The van der Waals surface area contributed by atoms with Crippen molar-refractivity contribution in [1.29, 1.82) is 0 Å². The molecule has 1 aliphatic heterocycles. The van der Waals surface area contributed by atoms with Gasteiger partial charge in [-0.25, -0.2) is 4.98 Å². The molecule has 4 rings (SSSR count). The smallest absolute Gasteiger partial charge is 0.273 e. The topological polar surface area (TPSA) is 80.1 Å². The lowest BCUT2D eigenvalue weighted by atomic mass is 10.00. The van der Waals surface area contributed by atoms with Crippen molar-refractivity contribution in [1.82, 2.24) is 14.5 Å². The van der Waals surface area contributed by atoms with Crippen LogP contribution in [0.3, 0.4) is 0 Å². The summed E-state index contributed by atoms with van der Waals surface area (Å²) in [5.41, 5.74) is 1.95. The fourth-order valence-electron chi connectivity index (χ4n) is 3.64. The minimum atomic E-state index is -0.209. The predicted octanol–water partition coefficient (Wildman–Crippen LogP) is 4.80. The van der Waals surface area contributed by atoms with E-state index in [0.29, 0.717) is 32.8 Å². The summed E-state index contributed by atoms with van der Waals surface area (Å²) in [5.74, 6) is 0.627. The summed E-state index contributed by atoms with van der Waals surface area (Å²) in [6.45, 7) is 8.49. The van der Waals surface area contributed by atoms with Gasteiger partial charge in [-0.3, -0.25) is 14.2 Å². The predicted molar refractivity (Wildman–Crippen MR) is 134 cm³/mol. The van der Waals surface area contributed by atoms with Gasteiger partial charge in [-0.2, -0.15) is 4.98 Å². The molecule has 3 aromatic rings. The third kappa shape index (κ3) is 4.94. The van der Waals surface area contributed by atoms with Gasteiger partial charge in [-0.1, -0.05) is 47.7 Å². The lowest BCUT2D eigenvalue weighted by Gasteiger charge is -2.29. The van der Waals surface area contributed by atoms with Crippen molar-refractivity contribution in [3.8, 4) is 0 Å².